The molecule has 0 aromatic heterocycles. The second-order valence-corrected chi connectivity index (χ2v) is 11.1. The Morgan fingerprint density at radius 2 is 1.74 bits per heavy atom. The highest BCUT2D eigenvalue weighted by molar-refractivity contribution is 6.31. The number of ketones is 1. The summed E-state index contributed by atoms with van der Waals surface area (Å²) in [6.45, 7) is 4.12. The summed E-state index contributed by atoms with van der Waals surface area (Å²) in [6, 6.07) is 21.7. The van der Waals surface area contributed by atoms with Gasteiger partial charge in [0.15, 0.2) is 5.78 Å². The van der Waals surface area contributed by atoms with Crippen molar-refractivity contribution in [3.05, 3.63) is 106 Å². The second-order valence-electron chi connectivity index (χ2n) is 10.6. The van der Waals surface area contributed by atoms with Crippen LogP contribution in [0.25, 0.3) is 5.76 Å². The molecule has 6 nitrogen and oxygen atoms in total. The molecule has 0 fully saturated rings. The van der Waals surface area contributed by atoms with Crippen LogP contribution in [-0.4, -0.2) is 30.9 Å². The van der Waals surface area contributed by atoms with Crippen LogP contribution < -0.4 is 14.4 Å². The lowest BCUT2D eigenvalue weighted by atomic mass is 9.67. The number of nitrogens with zero attached hydrogens (tertiary/aromatic N) is 1. The first kappa shape index (κ1) is 26.6. The van der Waals surface area contributed by atoms with Crippen LogP contribution in [0.4, 0.5) is 5.69 Å². The zero-order valence-corrected chi connectivity index (χ0v) is 23.2. The lowest BCUT2D eigenvalue weighted by molar-refractivity contribution is -0.118. The molecule has 1 aliphatic heterocycles. The Labute approximate surface area is 233 Å². The number of anilines is 1. The third-order valence-electron chi connectivity index (χ3n) is 7.34. The van der Waals surface area contributed by atoms with Crippen molar-refractivity contribution in [1.29, 1.82) is 5.41 Å². The lowest BCUT2D eigenvalue weighted by Crippen LogP contribution is -2.45. The summed E-state index contributed by atoms with van der Waals surface area (Å²) < 4.78 is 11.3. The molecular weight excluding hydrogens is 512 g/mol. The number of ether oxygens (including phenoxy) is 2. The molecule has 1 atom stereocenters. The highest BCUT2D eigenvalue weighted by Gasteiger charge is 2.47. The average molecular weight is 543 g/mol. The number of benzene rings is 3. The molecule has 0 bridgehead atoms. The summed E-state index contributed by atoms with van der Waals surface area (Å²) in [5, 5.41) is 21.9. The van der Waals surface area contributed by atoms with E-state index in [-0.39, 0.29) is 22.8 Å². The number of amidine groups is 1. The van der Waals surface area contributed by atoms with E-state index in [1.807, 2.05) is 36.4 Å². The number of hydrogen-bond acceptors (Lipinski definition) is 5. The van der Waals surface area contributed by atoms with Gasteiger partial charge < -0.3 is 14.6 Å². The third-order valence-corrected chi connectivity index (χ3v) is 7.57. The molecule has 0 saturated heterocycles. The zero-order valence-electron chi connectivity index (χ0n) is 22.4. The van der Waals surface area contributed by atoms with E-state index in [2.05, 4.69) is 13.8 Å². The Morgan fingerprint density at radius 1 is 1.00 bits per heavy atom. The fourth-order valence-corrected chi connectivity index (χ4v) is 5.83. The highest BCUT2D eigenvalue weighted by Crippen LogP contribution is 2.53. The van der Waals surface area contributed by atoms with Crippen LogP contribution >= 0.6 is 11.6 Å². The minimum atomic E-state index is -0.753. The Morgan fingerprint density at radius 3 is 2.41 bits per heavy atom. The molecule has 2 N–H and O–H groups in total. The molecule has 1 heterocycles. The monoisotopic (exact) mass is 542 g/mol. The number of rotatable bonds is 5. The van der Waals surface area contributed by atoms with E-state index in [1.54, 1.807) is 55.5 Å². The minimum absolute atomic E-state index is 0.0333. The van der Waals surface area contributed by atoms with E-state index >= 15 is 0 Å². The largest absolute Gasteiger partial charge is 0.507 e. The summed E-state index contributed by atoms with van der Waals surface area (Å²) >= 11 is 6.39. The van der Waals surface area contributed by atoms with Crippen LogP contribution in [0, 0.1) is 10.8 Å². The van der Waals surface area contributed by atoms with E-state index in [9.17, 15) is 15.3 Å². The van der Waals surface area contributed by atoms with Crippen LogP contribution in [0.3, 0.4) is 0 Å². The van der Waals surface area contributed by atoms with Crippen molar-refractivity contribution in [2.75, 3.05) is 19.1 Å². The smallest absolute Gasteiger partial charge is 0.162 e. The van der Waals surface area contributed by atoms with Gasteiger partial charge in [-0.15, -0.1) is 0 Å². The first-order valence-electron chi connectivity index (χ1n) is 12.8. The number of aliphatic hydroxyl groups is 1. The Hall–Kier alpha value is -4.03. The SMILES string of the molecule is COc1ccc(OC)c(C2C3=C(CC(C)(C)CC3=O)N(c3cccc(Cl)c3)C(=N)/C2=C(/O)c2ccccc2)c1. The maximum atomic E-state index is 14.1. The van der Waals surface area contributed by atoms with Crippen LogP contribution in [-0.2, 0) is 4.79 Å². The topological polar surface area (TPSA) is 82.9 Å². The number of Topliss-reactive ketones (excluding diaryl/α,β-unsaturated/α-hetero) is 1. The number of hydrogen-bond donors (Lipinski definition) is 2. The second kappa shape index (κ2) is 10.3. The van der Waals surface area contributed by atoms with Gasteiger partial charge in [0.1, 0.15) is 23.1 Å². The molecule has 3 aromatic carbocycles. The van der Waals surface area contributed by atoms with E-state index in [0.717, 1.165) is 5.70 Å². The van der Waals surface area contributed by atoms with Crippen molar-refractivity contribution in [3.63, 3.8) is 0 Å². The number of halogens is 1. The summed E-state index contributed by atoms with van der Waals surface area (Å²) in [4.78, 5) is 15.8. The van der Waals surface area contributed by atoms with Gasteiger partial charge in [0, 0.05) is 45.1 Å². The minimum Gasteiger partial charge on any atom is -0.507 e. The molecule has 7 heteroatoms. The Balaban J connectivity index is 1.90. The number of methoxy groups -OCH3 is 2. The van der Waals surface area contributed by atoms with Crippen molar-refractivity contribution in [3.8, 4) is 11.5 Å². The van der Waals surface area contributed by atoms with Crippen LogP contribution in [0.15, 0.2) is 89.6 Å². The average Bonchev–Trinajstić information content (AvgIpc) is 2.91. The zero-order chi connectivity index (χ0) is 27.9. The maximum absolute atomic E-state index is 14.1. The molecule has 2 aliphatic rings. The van der Waals surface area contributed by atoms with E-state index in [1.165, 1.54) is 0 Å². The quantitative estimate of drug-likeness (QED) is 0.325. The molecule has 0 saturated carbocycles. The molecular formula is C32H31ClN2O4. The van der Waals surface area contributed by atoms with Crippen molar-refractivity contribution >= 4 is 34.7 Å². The Kier molecular flexibility index (Phi) is 7.00. The lowest BCUT2D eigenvalue weighted by Gasteiger charge is -2.45. The summed E-state index contributed by atoms with van der Waals surface area (Å²) in [5.74, 6) is 0.321. The molecule has 3 aromatic rings. The number of allylic oxidation sites excluding steroid dienone is 2. The number of carbonyl (C=O) groups is 1. The fourth-order valence-electron chi connectivity index (χ4n) is 5.64. The van der Waals surface area contributed by atoms with Crippen LogP contribution in [0.5, 0.6) is 11.5 Å². The predicted molar refractivity (Wildman–Crippen MR) is 155 cm³/mol. The van der Waals surface area contributed by atoms with Crippen LogP contribution in [0.2, 0.25) is 5.02 Å². The van der Waals surface area contributed by atoms with E-state index in [0.29, 0.717) is 57.3 Å². The third kappa shape index (κ3) is 4.81. The van der Waals surface area contributed by atoms with Gasteiger partial charge in [0.25, 0.3) is 0 Å². The number of nitrogens with one attached hydrogen (secondary N) is 1. The van der Waals surface area contributed by atoms with Crippen molar-refractivity contribution < 1.29 is 19.4 Å². The number of aliphatic hydroxyl groups excluding tert-OH is 1. The van der Waals surface area contributed by atoms with Gasteiger partial charge in [-0.25, -0.2) is 0 Å². The van der Waals surface area contributed by atoms with Crippen molar-refractivity contribution in [2.24, 2.45) is 5.41 Å². The van der Waals surface area contributed by atoms with Gasteiger partial charge in [-0.05, 0) is 48.2 Å². The molecule has 0 spiro atoms. The predicted octanol–water partition coefficient (Wildman–Crippen LogP) is 7.55. The van der Waals surface area contributed by atoms with Crippen molar-refractivity contribution in [1.82, 2.24) is 0 Å². The first-order valence-corrected chi connectivity index (χ1v) is 13.1. The Bertz CT molecular complexity index is 1520. The van der Waals surface area contributed by atoms with Gasteiger partial charge in [-0.1, -0.05) is 61.8 Å². The molecule has 1 aliphatic carbocycles. The molecule has 1 unspecified atom stereocenters. The van der Waals surface area contributed by atoms with E-state index in [4.69, 9.17) is 21.1 Å². The summed E-state index contributed by atoms with van der Waals surface area (Å²) in [5.41, 5.74) is 3.09. The summed E-state index contributed by atoms with van der Waals surface area (Å²) in [7, 11) is 3.14. The van der Waals surface area contributed by atoms with Gasteiger partial charge >= 0.3 is 0 Å². The molecule has 0 amide bonds. The fraction of sp³-hybridized carbons (Fsp3) is 0.250. The first-order chi connectivity index (χ1) is 18.6. The van der Waals surface area contributed by atoms with Crippen LogP contribution in [0.1, 0.15) is 43.7 Å². The molecule has 39 heavy (non-hydrogen) atoms. The number of carbonyl (C=O) groups excluding carboxylic acids is 1. The van der Waals surface area contributed by atoms with E-state index < -0.39 is 5.92 Å². The highest BCUT2D eigenvalue weighted by atomic mass is 35.5. The van der Waals surface area contributed by atoms with Gasteiger partial charge in [0.05, 0.1) is 20.1 Å². The summed E-state index contributed by atoms with van der Waals surface area (Å²) in [6.07, 6.45) is 0.899. The van der Waals surface area contributed by atoms with Crippen molar-refractivity contribution in [2.45, 2.75) is 32.6 Å². The molecule has 5 rings (SSSR count). The maximum Gasteiger partial charge on any atom is 0.162 e. The molecule has 200 valence electrons. The van der Waals surface area contributed by atoms with Gasteiger partial charge in [-0.2, -0.15) is 0 Å². The van der Waals surface area contributed by atoms with Gasteiger partial charge in [0.2, 0.25) is 0 Å². The van der Waals surface area contributed by atoms with Gasteiger partial charge in [-0.3, -0.25) is 15.1 Å². The standard InChI is InChI=1S/C32H31ClN2O4/c1-32(2)17-24-28(25(36)18-32)27(23-16-22(38-3)13-14-26(23)39-4)29(30(37)19-9-6-5-7-10-19)31(34)35(24)21-12-8-11-20(33)15-21/h5-16,27,34,37H,17-18H2,1-4H3/b30-29+,34-31?. The normalized spacial score (nSPS) is 20.0. The molecule has 0 radical (unpaired) electrons.